The lowest BCUT2D eigenvalue weighted by Crippen LogP contribution is -2.36. The van der Waals surface area contributed by atoms with Crippen molar-refractivity contribution in [2.75, 3.05) is 31.1 Å². The summed E-state index contributed by atoms with van der Waals surface area (Å²) in [5.41, 5.74) is 1.27. The molecule has 0 radical (unpaired) electrons. The molecular formula is C14H20IN3O2. The van der Waals surface area contributed by atoms with Gasteiger partial charge in [-0.1, -0.05) is 0 Å². The molecule has 1 aliphatic rings. The van der Waals surface area contributed by atoms with Crippen LogP contribution in [0.2, 0.25) is 0 Å². The van der Waals surface area contributed by atoms with Crippen LogP contribution in [0.1, 0.15) is 19.8 Å². The van der Waals surface area contributed by atoms with Crippen molar-refractivity contribution in [3.63, 3.8) is 0 Å². The van der Waals surface area contributed by atoms with E-state index in [1.54, 1.807) is 12.1 Å². The Kier molecular flexibility index (Phi) is 5.59. The first-order valence-electron chi connectivity index (χ1n) is 7.01. The van der Waals surface area contributed by atoms with Crippen LogP contribution in [0.15, 0.2) is 18.2 Å². The zero-order chi connectivity index (χ0) is 14.5. The van der Waals surface area contributed by atoms with Crippen LogP contribution in [0, 0.1) is 19.6 Å². The Balaban J connectivity index is 2.12. The fraction of sp³-hybridized carbons (Fsp3) is 0.571. The number of non-ortho nitro benzene ring substituents is 1. The van der Waals surface area contributed by atoms with Crippen LogP contribution in [0.5, 0.6) is 0 Å². The van der Waals surface area contributed by atoms with E-state index in [1.165, 1.54) is 12.8 Å². The number of halogens is 1. The van der Waals surface area contributed by atoms with E-state index in [-0.39, 0.29) is 10.6 Å². The third-order valence-corrected chi connectivity index (χ3v) is 4.67. The Hall–Kier alpha value is -0.890. The lowest BCUT2D eigenvalue weighted by Gasteiger charge is -2.31. The summed E-state index contributed by atoms with van der Waals surface area (Å²) in [5.74, 6) is 0.710. The van der Waals surface area contributed by atoms with Gasteiger partial charge in [-0.05, 0) is 67.4 Å². The molecular weight excluding hydrogens is 369 g/mol. The molecule has 20 heavy (non-hydrogen) atoms. The third kappa shape index (κ3) is 3.82. The fourth-order valence-corrected chi connectivity index (χ4v) is 3.48. The molecule has 1 fully saturated rings. The number of nitrogens with one attached hydrogen (secondary N) is 1. The van der Waals surface area contributed by atoms with Gasteiger partial charge in [0.25, 0.3) is 5.69 Å². The average molecular weight is 389 g/mol. The van der Waals surface area contributed by atoms with Gasteiger partial charge in [-0.2, -0.15) is 0 Å². The summed E-state index contributed by atoms with van der Waals surface area (Å²) in [7, 11) is 0. The van der Waals surface area contributed by atoms with Gasteiger partial charge in [0.1, 0.15) is 0 Å². The summed E-state index contributed by atoms with van der Waals surface area (Å²) >= 11 is 2.19. The van der Waals surface area contributed by atoms with Crippen molar-refractivity contribution < 1.29 is 4.92 Å². The van der Waals surface area contributed by atoms with Crippen molar-refractivity contribution >= 4 is 34.0 Å². The molecule has 5 nitrogen and oxygen atoms in total. The minimum Gasteiger partial charge on any atom is -0.371 e. The summed E-state index contributed by atoms with van der Waals surface area (Å²) in [5, 5.41) is 14.2. The van der Waals surface area contributed by atoms with Crippen LogP contribution in [-0.4, -0.2) is 31.1 Å². The zero-order valence-corrected chi connectivity index (χ0v) is 13.8. The van der Waals surface area contributed by atoms with Gasteiger partial charge in [-0.3, -0.25) is 10.1 Å². The highest BCUT2D eigenvalue weighted by atomic mass is 127. The minimum atomic E-state index is -0.338. The Morgan fingerprint density at radius 2 is 2.15 bits per heavy atom. The van der Waals surface area contributed by atoms with E-state index in [4.69, 9.17) is 0 Å². The van der Waals surface area contributed by atoms with Crippen molar-refractivity contribution in [1.82, 2.24) is 5.32 Å². The summed E-state index contributed by atoms with van der Waals surface area (Å²) in [6, 6.07) is 5.13. The number of nitrogens with zero attached hydrogens (tertiary/aromatic N) is 2. The molecule has 1 N–H and O–H groups in total. The summed E-state index contributed by atoms with van der Waals surface area (Å²) in [4.78, 5) is 12.8. The van der Waals surface area contributed by atoms with Crippen LogP contribution < -0.4 is 10.2 Å². The molecule has 0 amide bonds. The molecule has 0 aliphatic carbocycles. The molecule has 1 aliphatic heterocycles. The first-order chi connectivity index (χ1) is 9.61. The van der Waals surface area contributed by atoms with Gasteiger partial charge in [-0.15, -0.1) is 0 Å². The molecule has 0 bridgehead atoms. The van der Waals surface area contributed by atoms with Crippen molar-refractivity contribution in [2.45, 2.75) is 19.8 Å². The first kappa shape index (κ1) is 15.5. The molecule has 0 spiro atoms. The van der Waals surface area contributed by atoms with Crippen LogP contribution >= 0.6 is 22.6 Å². The second-order valence-corrected chi connectivity index (χ2v) is 6.29. The molecule has 0 saturated carbocycles. The smallest absolute Gasteiger partial charge is 0.270 e. The lowest BCUT2D eigenvalue weighted by atomic mass is 9.97. The second-order valence-electron chi connectivity index (χ2n) is 5.12. The maximum Gasteiger partial charge on any atom is 0.270 e. The summed E-state index contributed by atoms with van der Waals surface area (Å²) in [6.07, 6.45) is 2.42. The highest BCUT2D eigenvalue weighted by Gasteiger charge is 2.19. The third-order valence-electron chi connectivity index (χ3n) is 3.80. The van der Waals surface area contributed by atoms with E-state index in [0.717, 1.165) is 35.4 Å². The van der Waals surface area contributed by atoms with E-state index >= 15 is 0 Å². The van der Waals surface area contributed by atoms with Gasteiger partial charge >= 0.3 is 0 Å². The molecule has 0 unspecified atom stereocenters. The highest BCUT2D eigenvalue weighted by Crippen LogP contribution is 2.28. The molecule has 1 saturated heterocycles. The molecule has 0 aromatic heterocycles. The maximum atomic E-state index is 10.8. The number of hydrogen-bond donors (Lipinski definition) is 1. The van der Waals surface area contributed by atoms with E-state index in [2.05, 4.69) is 39.7 Å². The topological polar surface area (TPSA) is 58.4 Å². The van der Waals surface area contributed by atoms with E-state index in [0.29, 0.717) is 5.92 Å². The second kappa shape index (κ2) is 7.21. The zero-order valence-electron chi connectivity index (χ0n) is 11.6. The highest BCUT2D eigenvalue weighted by molar-refractivity contribution is 14.1. The Labute approximate surface area is 133 Å². The quantitative estimate of drug-likeness (QED) is 0.478. The lowest BCUT2D eigenvalue weighted by molar-refractivity contribution is -0.384. The van der Waals surface area contributed by atoms with Crippen LogP contribution in [0.4, 0.5) is 11.4 Å². The molecule has 2 rings (SSSR count). The first-order valence-corrected chi connectivity index (χ1v) is 8.09. The normalized spacial score (nSPS) is 16.1. The summed E-state index contributed by atoms with van der Waals surface area (Å²) in [6.45, 7) is 6.29. The van der Waals surface area contributed by atoms with Gasteiger partial charge in [-0.25, -0.2) is 0 Å². The van der Waals surface area contributed by atoms with Crippen molar-refractivity contribution in [3.8, 4) is 0 Å². The number of hydrogen-bond acceptors (Lipinski definition) is 4. The Bertz CT molecular complexity index is 475. The van der Waals surface area contributed by atoms with Crippen molar-refractivity contribution in [3.05, 3.63) is 31.9 Å². The van der Waals surface area contributed by atoms with Crippen LogP contribution in [0.3, 0.4) is 0 Å². The largest absolute Gasteiger partial charge is 0.371 e. The molecule has 6 heteroatoms. The molecule has 1 aromatic carbocycles. The van der Waals surface area contributed by atoms with Gasteiger partial charge in [0.05, 0.1) is 10.6 Å². The van der Waals surface area contributed by atoms with Crippen molar-refractivity contribution in [2.24, 2.45) is 5.92 Å². The Morgan fingerprint density at radius 3 is 2.70 bits per heavy atom. The van der Waals surface area contributed by atoms with Gasteiger partial charge in [0.15, 0.2) is 0 Å². The molecule has 110 valence electrons. The molecule has 0 atom stereocenters. The number of anilines is 1. The molecule has 1 heterocycles. The van der Waals surface area contributed by atoms with Gasteiger partial charge in [0, 0.05) is 28.8 Å². The van der Waals surface area contributed by atoms with Crippen LogP contribution in [0.25, 0.3) is 0 Å². The molecule has 1 aromatic rings. The number of rotatable bonds is 5. The predicted octanol–water partition coefficient (Wildman–Crippen LogP) is 3.03. The summed E-state index contributed by atoms with van der Waals surface area (Å²) < 4.78 is 0.951. The van der Waals surface area contributed by atoms with E-state index in [9.17, 15) is 10.1 Å². The fourth-order valence-electron chi connectivity index (χ4n) is 2.64. The van der Waals surface area contributed by atoms with Crippen LogP contribution in [-0.2, 0) is 0 Å². The minimum absolute atomic E-state index is 0.163. The maximum absolute atomic E-state index is 10.8. The number of nitro benzene ring substituents is 1. The van der Waals surface area contributed by atoms with E-state index in [1.807, 2.05) is 6.07 Å². The van der Waals surface area contributed by atoms with Crippen molar-refractivity contribution in [1.29, 1.82) is 0 Å². The number of nitro groups is 1. The Morgan fingerprint density at radius 1 is 1.45 bits per heavy atom. The number of piperidine rings is 1. The number of benzene rings is 1. The van der Waals surface area contributed by atoms with Gasteiger partial charge < -0.3 is 10.2 Å². The monoisotopic (exact) mass is 389 g/mol. The van der Waals surface area contributed by atoms with Gasteiger partial charge in [0.2, 0.25) is 0 Å². The average Bonchev–Trinajstić information content (AvgIpc) is 2.46. The standard InChI is InChI=1S/C14H20IN3O2/c1-2-17(10-11-5-7-16-8-6-11)14-4-3-12(18(19)20)9-13(14)15/h3-4,9,11,16H,2,5-8,10H2,1H3. The SMILES string of the molecule is CCN(CC1CCNCC1)c1ccc([N+](=O)[O-])cc1I. The van der Waals surface area contributed by atoms with E-state index < -0.39 is 0 Å². The predicted molar refractivity (Wildman–Crippen MR) is 89.3 cm³/mol.